The van der Waals surface area contributed by atoms with Gasteiger partial charge < -0.3 is 24.7 Å². The first-order valence-corrected chi connectivity index (χ1v) is 10.6. The molecule has 0 bridgehead atoms. The third-order valence-electron chi connectivity index (χ3n) is 6.14. The van der Waals surface area contributed by atoms with E-state index < -0.39 is 5.54 Å². The Kier molecular flexibility index (Phi) is 5.97. The summed E-state index contributed by atoms with van der Waals surface area (Å²) in [7, 11) is 6.57. The van der Waals surface area contributed by atoms with E-state index in [2.05, 4.69) is 4.99 Å². The molecule has 2 atom stereocenters. The number of nitrogens with two attached hydrogens (primary N) is 1. The number of benzene rings is 2. The van der Waals surface area contributed by atoms with Crippen LogP contribution in [0.25, 0.3) is 11.1 Å². The predicted octanol–water partition coefficient (Wildman–Crippen LogP) is 2.93. The van der Waals surface area contributed by atoms with Gasteiger partial charge in [0.15, 0.2) is 11.5 Å². The topological polar surface area (TPSA) is 95.6 Å². The Morgan fingerprint density at radius 3 is 2.66 bits per heavy atom. The lowest BCUT2D eigenvalue weighted by atomic mass is 9.79. The van der Waals surface area contributed by atoms with Gasteiger partial charge in [-0.2, -0.15) is 0 Å². The number of fused-ring (bicyclic) bond motifs is 2. The SMILES string of the molecule is COCCC[C@@H]1C[C@]2(N=C(N)N(C)C2=O)c2cc(-c3cc(OC)ccc3OC)ccc2O1. The van der Waals surface area contributed by atoms with Crippen molar-refractivity contribution in [2.45, 2.75) is 30.9 Å². The number of guanidine groups is 1. The highest BCUT2D eigenvalue weighted by Crippen LogP contribution is 2.48. The second kappa shape index (κ2) is 8.70. The van der Waals surface area contributed by atoms with Crippen LogP contribution in [0.2, 0.25) is 0 Å². The highest BCUT2D eigenvalue weighted by Gasteiger charge is 2.53. The molecule has 0 saturated carbocycles. The molecule has 2 N–H and O–H groups in total. The highest BCUT2D eigenvalue weighted by atomic mass is 16.5. The maximum Gasteiger partial charge on any atom is 0.261 e. The largest absolute Gasteiger partial charge is 0.497 e. The summed E-state index contributed by atoms with van der Waals surface area (Å²) >= 11 is 0. The van der Waals surface area contributed by atoms with Crippen molar-refractivity contribution >= 4 is 11.9 Å². The Morgan fingerprint density at radius 2 is 2.00 bits per heavy atom. The summed E-state index contributed by atoms with van der Waals surface area (Å²) in [6, 6.07) is 11.4. The van der Waals surface area contributed by atoms with Gasteiger partial charge in [0.05, 0.1) is 14.2 Å². The Bertz CT molecular complexity index is 1050. The fourth-order valence-electron chi connectivity index (χ4n) is 4.45. The molecule has 0 radical (unpaired) electrons. The van der Waals surface area contributed by atoms with E-state index in [0.29, 0.717) is 35.8 Å². The van der Waals surface area contributed by atoms with Gasteiger partial charge in [0.1, 0.15) is 23.4 Å². The van der Waals surface area contributed by atoms with Crippen LogP contribution in [0.1, 0.15) is 24.8 Å². The van der Waals surface area contributed by atoms with Gasteiger partial charge in [0.2, 0.25) is 0 Å². The minimum absolute atomic E-state index is 0.147. The Balaban J connectivity index is 1.82. The van der Waals surface area contributed by atoms with E-state index in [1.54, 1.807) is 28.4 Å². The molecule has 170 valence electrons. The summed E-state index contributed by atoms with van der Waals surface area (Å²) in [6.07, 6.45) is 1.84. The first-order valence-electron chi connectivity index (χ1n) is 10.6. The molecule has 0 fully saturated rings. The highest BCUT2D eigenvalue weighted by molar-refractivity contribution is 6.07. The molecule has 0 aromatic heterocycles. The Labute approximate surface area is 187 Å². The molecule has 32 heavy (non-hydrogen) atoms. The molecule has 4 rings (SSSR count). The summed E-state index contributed by atoms with van der Waals surface area (Å²) in [4.78, 5) is 19.5. The molecular weight excluding hydrogens is 410 g/mol. The molecule has 2 aromatic carbocycles. The van der Waals surface area contributed by atoms with Crippen LogP contribution in [-0.2, 0) is 15.1 Å². The maximum absolute atomic E-state index is 13.4. The molecule has 1 amide bonds. The van der Waals surface area contributed by atoms with Crippen molar-refractivity contribution in [3.63, 3.8) is 0 Å². The second-order valence-corrected chi connectivity index (χ2v) is 8.05. The normalized spacial score (nSPS) is 21.9. The zero-order chi connectivity index (χ0) is 22.9. The van der Waals surface area contributed by atoms with Gasteiger partial charge in [-0.3, -0.25) is 9.69 Å². The predicted molar refractivity (Wildman–Crippen MR) is 121 cm³/mol. The average Bonchev–Trinajstić information content (AvgIpc) is 3.02. The summed E-state index contributed by atoms with van der Waals surface area (Å²) in [5.74, 6) is 2.12. The lowest BCUT2D eigenvalue weighted by Crippen LogP contribution is -2.45. The maximum atomic E-state index is 13.4. The third-order valence-corrected chi connectivity index (χ3v) is 6.14. The number of carbonyl (C=O) groups excluding carboxylic acids is 1. The Morgan fingerprint density at radius 1 is 1.19 bits per heavy atom. The molecule has 0 saturated heterocycles. The first kappa shape index (κ1) is 22.0. The smallest absolute Gasteiger partial charge is 0.261 e. The molecule has 2 heterocycles. The van der Waals surface area contributed by atoms with Crippen molar-refractivity contribution in [3.8, 4) is 28.4 Å². The fraction of sp³-hybridized carbons (Fsp3) is 0.417. The van der Waals surface area contributed by atoms with Gasteiger partial charge in [-0.25, -0.2) is 4.99 Å². The number of rotatable bonds is 7. The summed E-state index contributed by atoms with van der Waals surface area (Å²) in [5, 5.41) is 0. The average molecular weight is 440 g/mol. The van der Waals surface area contributed by atoms with Crippen molar-refractivity contribution in [2.75, 3.05) is 35.0 Å². The molecule has 8 nitrogen and oxygen atoms in total. The van der Waals surface area contributed by atoms with Crippen molar-refractivity contribution in [1.29, 1.82) is 0 Å². The van der Waals surface area contributed by atoms with E-state index in [9.17, 15) is 4.79 Å². The van der Waals surface area contributed by atoms with Crippen molar-refractivity contribution < 1.29 is 23.7 Å². The fourth-order valence-corrected chi connectivity index (χ4v) is 4.45. The third kappa shape index (κ3) is 3.64. The van der Waals surface area contributed by atoms with E-state index in [1.807, 2.05) is 36.4 Å². The van der Waals surface area contributed by atoms with Crippen LogP contribution in [0, 0.1) is 0 Å². The van der Waals surface area contributed by atoms with Crippen LogP contribution >= 0.6 is 0 Å². The summed E-state index contributed by atoms with van der Waals surface area (Å²) in [6.45, 7) is 0.632. The quantitative estimate of drug-likeness (QED) is 0.667. The zero-order valence-electron chi connectivity index (χ0n) is 18.9. The van der Waals surface area contributed by atoms with E-state index in [4.69, 9.17) is 24.7 Å². The van der Waals surface area contributed by atoms with Gasteiger partial charge in [-0.1, -0.05) is 6.07 Å². The van der Waals surface area contributed by atoms with E-state index in [-0.39, 0.29) is 18.0 Å². The molecule has 0 aliphatic carbocycles. The van der Waals surface area contributed by atoms with E-state index in [1.165, 1.54) is 4.90 Å². The van der Waals surface area contributed by atoms with Crippen LogP contribution in [-0.4, -0.2) is 57.9 Å². The number of amides is 1. The number of likely N-dealkylation sites (N-methyl/N-ethyl adjacent to an activating group) is 1. The second-order valence-electron chi connectivity index (χ2n) is 8.05. The summed E-state index contributed by atoms with van der Waals surface area (Å²) < 4.78 is 22.4. The number of aliphatic imine (C=N–C) groups is 1. The van der Waals surface area contributed by atoms with Gasteiger partial charge in [-0.15, -0.1) is 0 Å². The number of ether oxygens (including phenoxy) is 4. The Hall–Kier alpha value is -3.26. The number of hydrogen-bond donors (Lipinski definition) is 1. The van der Waals surface area contributed by atoms with Crippen LogP contribution in [0.4, 0.5) is 0 Å². The van der Waals surface area contributed by atoms with Crippen LogP contribution in [0.15, 0.2) is 41.4 Å². The van der Waals surface area contributed by atoms with E-state index >= 15 is 0 Å². The monoisotopic (exact) mass is 439 g/mol. The molecule has 2 aliphatic rings. The lowest BCUT2D eigenvalue weighted by molar-refractivity contribution is -0.132. The standard InChI is InChI=1S/C24H29N3O5/c1-27-22(28)24(26-23(27)25)14-17(6-5-11-29-2)32-21-9-7-15(12-19(21)24)18-13-16(30-3)8-10-20(18)31-4/h7-10,12-13,17H,5-6,11,14H2,1-4H3,(H2,25,26)/t17-,24+/m1/s1. The number of nitrogens with zero attached hydrogens (tertiary/aromatic N) is 2. The molecule has 1 spiro atoms. The summed E-state index contributed by atoms with van der Waals surface area (Å²) in [5.41, 5.74) is 7.41. The number of methoxy groups -OCH3 is 3. The van der Waals surface area contributed by atoms with Crippen molar-refractivity contribution in [1.82, 2.24) is 4.90 Å². The molecule has 2 aliphatic heterocycles. The van der Waals surface area contributed by atoms with Crippen molar-refractivity contribution in [3.05, 3.63) is 42.0 Å². The van der Waals surface area contributed by atoms with Crippen LogP contribution in [0.3, 0.4) is 0 Å². The van der Waals surface area contributed by atoms with Gasteiger partial charge in [0.25, 0.3) is 5.91 Å². The van der Waals surface area contributed by atoms with Gasteiger partial charge in [-0.05, 0) is 48.7 Å². The van der Waals surface area contributed by atoms with E-state index in [0.717, 1.165) is 24.0 Å². The van der Waals surface area contributed by atoms with Gasteiger partial charge >= 0.3 is 0 Å². The number of carbonyl (C=O) groups is 1. The lowest BCUT2D eigenvalue weighted by Gasteiger charge is -2.37. The first-order chi connectivity index (χ1) is 15.4. The molecule has 0 unspecified atom stereocenters. The van der Waals surface area contributed by atoms with Crippen molar-refractivity contribution in [2.24, 2.45) is 10.7 Å². The number of hydrogen-bond acceptors (Lipinski definition) is 7. The molecule has 2 aromatic rings. The molecule has 8 heteroatoms. The van der Waals surface area contributed by atoms with Crippen LogP contribution in [0.5, 0.6) is 17.2 Å². The zero-order valence-corrected chi connectivity index (χ0v) is 18.9. The minimum atomic E-state index is -1.10. The molecular formula is C24H29N3O5. The minimum Gasteiger partial charge on any atom is -0.497 e. The van der Waals surface area contributed by atoms with Crippen LogP contribution < -0.4 is 19.9 Å². The van der Waals surface area contributed by atoms with Gasteiger partial charge in [0, 0.05) is 38.3 Å².